The number of aromatic amines is 1. The highest BCUT2D eigenvalue weighted by molar-refractivity contribution is 5.89. The summed E-state index contributed by atoms with van der Waals surface area (Å²) in [4.78, 5) is 35.4. The Kier molecular flexibility index (Phi) is 7.82. The van der Waals surface area contributed by atoms with Crippen molar-refractivity contribution in [3.8, 4) is 34.5 Å². The molecular formula is C32H34N8O4. The Labute approximate surface area is 254 Å². The van der Waals surface area contributed by atoms with Crippen molar-refractivity contribution in [1.29, 1.82) is 5.26 Å². The molecule has 0 radical (unpaired) electrons. The average molecular weight is 595 g/mol. The first-order valence-electron chi connectivity index (χ1n) is 15.1. The van der Waals surface area contributed by atoms with Gasteiger partial charge in [0.05, 0.1) is 30.5 Å². The molecule has 2 aromatic heterocycles. The van der Waals surface area contributed by atoms with Crippen molar-refractivity contribution >= 4 is 22.8 Å². The Morgan fingerprint density at radius 2 is 1.77 bits per heavy atom. The molecule has 3 saturated heterocycles. The lowest BCUT2D eigenvalue weighted by Crippen LogP contribution is -2.56. The molecule has 2 N–H and O–H groups in total. The topological polar surface area (TPSA) is 144 Å². The van der Waals surface area contributed by atoms with Gasteiger partial charge in [0.25, 0.3) is 0 Å². The van der Waals surface area contributed by atoms with E-state index in [0.717, 1.165) is 50.5 Å². The zero-order valence-electron chi connectivity index (χ0n) is 24.4. The number of benzene rings is 2. The van der Waals surface area contributed by atoms with Crippen LogP contribution >= 0.6 is 0 Å². The van der Waals surface area contributed by atoms with E-state index in [1.807, 2.05) is 6.07 Å². The number of nitriles is 1. The second-order valence-electron chi connectivity index (χ2n) is 11.4. The standard InChI is InChI=1S/C32H34N8O4/c33-16-23-15-22(3-6-27(23)44-26-7-9-40(10-8-26)28(42)17-41)29-30-32(35-20-34-29)37-31(36-30)21-1-4-24(5-2-21)38-11-13-39(14-12-38)25-18-43-19-25/h1-6,15,20,25-26,41H,7-14,17-19H2,(H,34,35,36,37). The maximum Gasteiger partial charge on any atom is 0.248 e. The molecular weight excluding hydrogens is 560 g/mol. The monoisotopic (exact) mass is 594 g/mol. The van der Waals surface area contributed by atoms with Crippen LogP contribution in [-0.2, 0) is 9.53 Å². The number of likely N-dealkylation sites (tertiary alicyclic amines) is 1. The van der Waals surface area contributed by atoms with E-state index >= 15 is 0 Å². The first-order valence-corrected chi connectivity index (χ1v) is 15.1. The zero-order valence-corrected chi connectivity index (χ0v) is 24.4. The molecule has 3 aliphatic heterocycles. The Morgan fingerprint density at radius 1 is 1.02 bits per heavy atom. The molecule has 2 aromatic carbocycles. The molecule has 0 spiro atoms. The highest BCUT2D eigenvalue weighted by Crippen LogP contribution is 2.32. The molecule has 0 saturated carbocycles. The number of fused-ring (bicyclic) bond motifs is 1. The average Bonchev–Trinajstić information content (AvgIpc) is 3.49. The van der Waals surface area contributed by atoms with Gasteiger partial charge >= 0.3 is 0 Å². The summed E-state index contributed by atoms with van der Waals surface area (Å²) in [6.07, 6.45) is 2.64. The SMILES string of the molecule is N#Cc1cc(-c2ncnc3nc(-c4ccc(N5CCN(C6COC6)CC5)cc4)[nH]c23)ccc1OC1CCN(C(=O)CO)CC1. The summed E-state index contributed by atoms with van der Waals surface area (Å²) in [5.74, 6) is 0.928. The number of H-pyrrole nitrogens is 1. The van der Waals surface area contributed by atoms with Crippen molar-refractivity contribution in [2.24, 2.45) is 0 Å². The zero-order chi connectivity index (χ0) is 30.0. The first kappa shape index (κ1) is 28.2. The molecule has 0 atom stereocenters. The number of aliphatic hydroxyl groups excluding tert-OH is 1. The number of nitrogens with one attached hydrogen (secondary N) is 1. The third-order valence-corrected chi connectivity index (χ3v) is 8.84. The Balaban J connectivity index is 1.06. The Morgan fingerprint density at radius 3 is 2.45 bits per heavy atom. The number of carbonyl (C=O) groups is 1. The maximum atomic E-state index is 11.8. The fraction of sp³-hybridized carbons (Fsp3) is 0.406. The summed E-state index contributed by atoms with van der Waals surface area (Å²) >= 11 is 0. The van der Waals surface area contributed by atoms with Crippen molar-refractivity contribution in [3.05, 3.63) is 54.4 Å². The van der Waals surface area contributed by atoms with Crippen LogP contribution in [0.4, 0.5) is 5.69 Å². The number of hydrogen-bond donors (Lipinski definition) is 2. The lowest BCUT2D eigenvalue weighted by molar-refractivity contribution is -0.135. The van der Waals surface area contributed by atoms with Crippen LogP contribution in [0.3, 0.4) is 0 Å². The Bertz CT molecular complexity index is 1680. The largest absolute Gasteiger partial charge is 0.489 e. The van der Waals surface area contributed by atoms with Crippen molar-refractivity contribution in [2.45, 2.75) is 25.0 Å². The number of aromatic nitrogens is 4. The number of nitrogens with zero attached hydrogens (tertiary/aromatic N) is 7. The van der Waals surface area contributed by atoms with Crippen LogP contribution in [-0.4, -0.2) is 112 Å². The van der Waals surface area contributed by atoms with Crippen LogP contribution in [0, 0.1) is 11.3 Å². The van der Waals surface area contributed by atoms with E-state index in [2.05, 4.69) is 55.1 Å². The molecule has 4 aromatic rings. The molecule has 0 aliphatic carbocycles. The van der Waals surface area contributed by atoms with Gasteiger partial charge < -0.3 is 29.4 Å². The van der Waals surface area contributed by atoms with Crippen LogP contribution in [0.1, 0.15) is 18.4 Å². The lowest BCUT2D eigenvalue weighted by atomic mass is 10.1. The minimum Gasteiger partial charge on any atom is -0.489 e. The molecule has 0 unspecified atom stereocenters. The smallest absolute Gasteiger partial charge is 0.248 e. The third kappa shape index (κ3) is 5.57. The normalized spacial score (nSPS) is 18.3. The molecule has 5 heterocycles. The van der Waals surface area contributed by atoms with Gasteiger partial charge in [0.2, 0.25) is 5.91 Å². The predicted octanol–water partition coefficient (Wildman–Crippen LogP) is 2.44. The number of amides is 1. The number of aliphatic hydroxyl groups is 1. The lowest BCUT2D eigenvalue weighted by Gasteiger charge is -2.43. The molecule has 3 aliphatic rings. The van der Waals surface area contributed by atoms with E-state index in [4.69, 9.17) is 19.6 Å². The fourth-order valence-corrected chi connectivity index (χ4v) is 6.16. The van der Waals surface area contributed by atoms with Gasteiger partial charge in [-0.05, 0) is 42.5 Å². The number of ether oxygens (including phenoxy) is 2. The van der Waals surface area contributed by atoms with Gasteiger partial charge in [-0.15, -0.1) is 0 Å². The van der Waals surface area contributed by atoms with Crippen LogP contribution in [0.5, 0.6) is 5.75 Å². The summed E-state index contributed by atoms with van der Waals surface area (Å²) in [7, 11) is 0. The summed E-state index contributed by atoms with van der Waals surface area (Å²) < 4.78 is 11.5. The van der Waals surface area contributed by atoms with Crippen LogP contribution < -0.4 is 9.64 Å². The van der Waals surface area contributed by atoms with Gasteiger partial charge in [-0.1, -0.05) is 0 Å². The van der Waals surface area contributed by atoms with Crippen molar-refractivity contribution in [1.82, 2.24) is 29.7 Å². The third-order valence-electron chi connectivity index (χ3n) is 8.84. The number of anilines is 1. The molecule has 7 rings (SSSR count). The second kappa shape index (κ2) is 12.2. The van der Waals surface area contributed by atoms with Gasteiger partial charge in [0, 0.05) is 68.9 Å². The van der Waals surface area contributed by atoms with Gasteiger partial charge in [0.1, 0.15) is 42.2 Å². The van der Waals surface area contributed by atoms with Crippen LogP contribution in [0.2, 0.25) is 0 Å². The summed E-state index contributed by atoms with van der Waals surface area (Å²) in [6.45, 7) is 6.36. The maximum absolute atomic E-state index is 11.8. The first-order chi connectivity index (χ1) is 21.6. The van der Waals surface area contributed by atoms with E-state index in [1.54, 1.807) is 17.0 Å². The van der Waals surface area contributed by atoms with Gasteiger partial charge in [-0.2, -0.15) is 5.26 Å². The van der Waals surface area contributed by atoms with Crippen molar-refractivity contribution in [3.63, 3.8) is 0 Å². The highest BCUT2D eigenvalue weighted by atomic mass is 16.5. The van der Waals surface area contributed by atoms with E-state index in [0.29, 0.717) is 66.0 Å². The quantitative estimate of drug-likeness (QED) is 0.327. The molecule has 12 heteroatoms. The van der Waals surface area contributed by atoms with Crippen LogP contribution in [0.25, 0.3) is 33.8 Å². The molecule has 226 valence electrons. The highest BCUT2D eigenvalue weighted by Gasteiger charge is 2.29. The Hall–Kier alpha value is -4.57. The van der Waals surface area contributed by atoms with Crippen LogP contribution in [0.15, 0.2) is 48.8 Å². The fourth-order valence-electron chi connectivity index (χ4n) is 6.16. The summed E-state index contributed by atoms with van der Waals surface area (Å²) in [5.41, 5.74) is 5.21. The van der Waals surface area contributed by atoms with E-state index in [9.17, 15) is 10.1 Å². The number of hydrogen-bond acceptors (Lipinski definition) is 10. The molecule has 0 bridgehead atoms. The number of rotatable bonds is 7. The molecule has 1 amide bonds. The molecule has 44 heavy (non-hydrogen) atoms. The number of piperazine rings is 1. The van der Waals surface area contributed by atoms with Crippen molar-refractivity contribution in [2.75, 3.05) is 64.0 Å². The van der Waals surface area contributed by atoms with Gasteiger partial charge in [-0.25, -0.2) is 15.0 Å². The molecule has 3 fully saturated rings. The van der Waals surface area contributed by atoms with E-state index in [-0.39, 0.29) is 12.0 Å². The minimum atomic E-state index is -0.485. The second-order valence-corrected chi connectivity index (χ2v) is 11.4. The number of imidazole rings is 1. The summed E-state index contributed by atoms with van der Waals surface area (Å²) in [6, 6.07) is 16.7. The molecule has 12 nitrogen and oxygen atoms in total. The van der Waals surface area contributed by atoms with Gasteiger partial charge in [-0.3, -0.25) is 9.69 Å². The predicted molar refractivity (Wildman–Crippen MR) is 163 cm³/mol. The van der Waals surface area contributed by atoms with E-state index < -0.39 is 6.61 Å². The summed E-state index contributed by atoms with van der Waals surface area (Å²) in [5, 5.41) is 19.0. The number of carbonyl (C=O) groups excluding carboxylic acids is 1. The minimum absolute atomic E-state index is 0.116. The van der Waals surface area contributed by atoms with Gasteiger partial charge in [0.15, 0.2) is 5.65 Å². The van der Waals surface area contributed by atoms with E-state index in [1.165, 1.54) is 12.0 Å². The van der Waals surface area contributed by atoms with Crippen molar-refractivity contribution < 1.29 is 19.4 Å². The number of piperidine rings is 1.